The SMILES string of the molecule is CCCCCCO[C@@H]1C[C@@H](C(=O)O)N(C(C)=O)C1. The fourth-order valence-corrected chi connectivity index (χ4v) is 2.28. The number of carbonyl (C=O) groups is 2. The van der Waals surface area contributed by atoms with Crippen LogP contribution in [0.15, 0.2) is 0 Å². The first-order chi connectivity index (χ1) is 8.56. The van der Waals surface area contributed by atoms with Gasteiger partial charge in [0.2, 0.25) is 5.91 Å². The van der Waals surface area contributed by atoms with Gasteiger partial charge >= 0.3 is 5.97 Å². The summed E-state index contributed by atoms with van der Waals surface area (Å²) < 4.78 is 5.65. The Morgan fingerprint density at radius 3 is 2.56 bits per heavy atom. The molecule has 0 aromatic rings. The number of unbranched alkanes of at least 4 members (excludes halogenated alkanes) is 3. The third-order valence-corrected chi connectivity index (χ3v) is 3.30. The molecule has 1 aliphatic rings. The van der Waals surface area contributed by atoms with E-state index in [0.717, 1.165) is 12.8 Å². The molecule has 0 aliphatic carbocycles. The topological polar surface area (TPSA) is 66.8 Å². The quantitative estimate of drug-likeness (QED) is 0.704. The van der Waals surface area contributed by atoms with Crippen LogP contribution in [0.1, 0.15) is 46.0 Å². The maximum Gasteiger partial charge on any atom is 0.326 e. The van der Waals surface area contributed by atoms with Gasteiger partial charge in [0.1, 0.15) is 6.04 Å². The van der Waals surface area contributed by atoms with Crippen molar-refractivity contribution in [2.45, 2.75) is 58.1 Å². The number of carbonyl (C=O) groups excluding carboxylic acids is 1. The lowest BCUT2D eigenvalue weighted by Crippen LogP contribution is -2.39. The second kappa shape index (κ2) is 7.36. The maximum absolute atomic E-state index is 11.3. The van der Waals surface area contributed by atoms with Crippen LogP contribution in [0.2, 0.25) is 0 Å². The van der Waals surface area contributed by atoms with Crippen molar-refractivity contribution in [3.8, 4) is 0 Å². The minimum atomic E-state index is -0.942. The van der Waals surface area contributed by atoms with Crippen molar-refractivity contribution >= 4 is 11.9 Å². The van der Waals surface area contributed by atoms with E-state index in [1.54, 1.807) is 0 Å². The Balaban J connectivity index is 2.32. The van der Waals surface area contributed by atoms with Gasteiger partial charge in [-0.05, 0) is 6.42 Å². The van der Waals surface area contributed by atoms with Crippen LogP contribution in [0.5, 0.6) is 0 Å². The number of aliphatic carboxylic acids is 1. The summed E-state index contributed by atoms with van der Waals surface area (Å²) in [6, 6.07) is -0.719. The van der Waals surface area contributed by atoms with Gasteiger partial charge in [-0.15, -0.1) is 0 Å². The minimum absolute atomic E-state index is 0.128. The summed E-state index contributed by atoms with van der Waals surface area (Å²) in [6.45, 7) is 4.61. The van der Waals surface area contributed by atoms with E-state index in [9.17, 15) is 9.59 Å². The van der Waals surface area contributed by atoms with Crippen molar-refractivity contribution in [2.75, 3.05) is 13.2 Å². The molecule has 5 nitrogen and oxygen atoms in total. The molecule has 1 aliphatic heterocycles. The van der Waals surface area contributed by atoms with Gasteiger partial charge < -0.3 is 14.7 Å². The molecule has 1 N–H and O–H groups in total. The Hall–Kier alpha value is -1.10. The van der Waals surface area contributed by atoms with E-state index in [-0.39, 0.29) is 12.0 Å². The molecule has 0 aromatic carbocycles. The maximum atomic E-state index is 11.3. The molecule has 0 aromatic heterocycles. The first kappa shape index (κ1) is 15.0. The van der Waals surface area contributed by atoms with Crippen molar-refractivity contribution in [1.29, 1.82) is 0 Å². The Morgan fingerprint density at radius 2 is 2.06 bits per heavy atom. The van der Waals surface area contributed by atoms with Crippen LogP contribution in [0.3, 0.4) is 0 Å². The van der Waals surface area contributed by atoms with Crippen LogP contribution in [-0.2, 0) is 14.3 Å². The summed E-state index contributed by atoms with van der Waals surface area (Å²) in [4.78, 5) is 23.7. The van der Waals surface area contributed by atoms with Gasteiger partial charge in [0.25, 0.3) is 0 Å². The first-order valence-electron chi connectivity index (χ1n) is 6.67. The van der Waals surface area contributed by atoms with E-state index < -0.39 is 12.0 Å². The Bertz CT molecular complexity index is 271. The average molecular weight is 257 g/mol. The largest absolute Gasteiger partial charge is 0.480 e. The van der Waals surface area contributed by atoms with Gasteiger partial charge in [-0.1, -0.05) is 26.2 Å². The molecule has 0 spiro atoms. The lowest BCUT2D eigenvalue weighted by molar-refractivity contribution is -0.147. The third-order valence-electron chi connectivity index (χ3n) is 3.30. The highest BCUT2D eigenvalue weighted by Crippen LogP contribution is 2.21. The normalized spacial score (nSPS) is 23.3. The number of carboxylic acid groups (broad SMARTS) is 1. The summed E-state index contributed by atoms with van der Waals surface area (Å²) in [7, 11) is 0. The van der Waals surface area contributed by atoms with Gasteiger partial charge in [-0.2, -0.15) is 0 Å². The molecule has 1 saturated heterocycles. The average Bonchev–Trinajstić information content (AvgIpc) is 2.73. The number of carboxylic acids is 1. The highest BCUT2D eigenvalue weighted by atomic mass is 16.5. The number of likely N-dealkylation sites (tertiary alicyclic amines) is 1. The fraction of sp³-hybridized carbons (Fsp3) is 0.846. The summed E-state index contributed by atoms with van der Waals surface area (Å²) in [5, 5.41) is 9.04. The predicted molar refractivity (Wildman–Crippen MR) is 67.3 cm³/mol. The van der Waals surface area contributed by atoms with Crippen molar-refractivity contribution < 1.29 is 19.4 Å². The molecule has 0 unspecified atom stereocenters. The van der Waals surface area contributed by atoms with E-state index in [1.165, 1.54) is 24.7 Å². The van der Waals surface area contributed by atoms with Crippen LogP contribution in [0.4, 0.5) is 0 Å². The number of hydrogen-bond acceptors (Lipinski definition) is 3. The van der Waals surface area contributed by atoms with Gasteiger partial charge in [0.05, 0.1) is 6.10 Å². The number of hydrogen-bond donors (Lipinski definition) is 1. The van der Waals surface area contributed by atoms with E-state index in [2.05, 4.69) is 6.92 Å². The zero-order valence-corrected chi connectivity index (χ0v) is 11.2. The lowest BCUT2D eigenvalue weighted by atomic mass is 10.2. The number of ether oxygens (including phenoxy) is 1. The Morgan fingerprint density at radius 1 is 1.33 bits per heavy atom. The number of rotatable bonds is 7. The molecule has 1 rings (SSSR count). The summed E-state index contributed by atoms with van der Waals surface area (Å²) >= 11 is 0. The molecular weight excluding hydrogens is 234 g/mol. The van der Waals surface area contributed by atoms with Gasteiger partial charge in [-0.25, -0.2) is 4.79 Å². The Kier molecular flexibility index (Phi) is 6.12. The summed E-state index contributed by atoms with van der Waals surface area (Å²) in [6.07, 6.45) is 4.80. The molecule has 5 heteroatoms. The van der Waals surface area contributed by atoms with E-state index in [0.29, 0.717) is 19.6 Å². The molecule has 1 heterocycles. The molecule has 0 radical (unpaired) electrons. The number of nitrogens with zero attached hydrogens (tertiary/aromatic N) is 1. The predicted octanol–water partition coefficient (Wildman–Crippen LogP) is 1.66. The second-order valence-corrected chi connectivity index (χ2v) is 4.81. The van der Waals surface area contributed by atoms with Crippen LogP contribution in [-0.4, -0.2) is 47.2 Å². The molecule has 1 amide bonds. The zero-order chi connectivity index (χ0) is 13.5. The van der Waals surface area contributed by atoms with Crippen molar-refractivity contribution in [3.63, 3.8) is 0 Å². The van der Waals surface area contributed by atoms with Crippen molar-refractivity contribution in [3.05, 3.63) is 0 Å². The van der Waals surface area contributed by atoms with Crippen molar-refractivity contribution in [2.24, 2.45) is 0 Å². The highest BCUT2D eigenvalue weighted by molar-refractivity contribution is 5.83. The van der Waals surface area contributed by atoms with E-state index in [4.69, 9.17) is 9.84 Å². The molecule has 0 bridgehead atoms. The standard InChI is InChI=1S/C13H23NO4/c1-3-4-5-6-7-18-11-8-12(13(16)17)14(9-11)10(2)15/h11-12H,3-9H2,1-2H3,(H,16,17)/t11-,12+/m1/s1. The molecule has 2 atom stereocenters. The van der Waals surface area contributed by atoms with Crippen LogP contribution in [0.25, 0.3) is 0 Å². The summed E-state index contributed by atoms with van der Waals surface area (Å²) in [5.74, 6) is -1.14. The van der Waals surface area contributed by atoms with Gasteiger partial charge in [0.15, 0.2) is 0 Å². The highest BCUT2D eigenvalue weighted by Gasteiger charge is 2.38. The van der Waals surface area contributed by atoms with Crippen LogP contribution >= 0.6 is 0 Å². The second-order valence-electron chi connectivity index (χ2n) is 4.81. The molecule has 1 fully saturated rings. The Labute approximate surface area is 108 Å². The molecule has 18 heavy (non-hydrogen) atoms. The summed E-state index contributed by atoms with van der Waals surface area (Å²) in [5.41, 5.74) is 0. The van der Waals surface area contributed by atoms with Gasteiger partial charge in [0, 0.05) is 26.5 Å². The van der Waals surface area contributed by atoms with E-state index in [1.807, 2.05) is 0 Å². The zero-order valence-electron chi connectivity index (χ0n) is 11.2. The van der Waals surface area contributed by atoms with Crippen LogP contribution < -0.4 is 0 Å². The lowest BCUT2D eigenvalue weighted by Gasteiger charge is -2.18. The minimum Gasteiger partial charge on any atom is -0.480 e. The van der Waals surface area contributed by atoms with Crippen molar-refractivity contribution in [1.82, 2.24) is 4.90 Å². The smallest absolute Gasteiger partial charge is 0.326 e. The molecular formula is C13H23NO4. The van der Waals surface area contributed by atoms with E-state index >= 15 is 0 Å². The fourth-order valence-electron chi connectivity index (χ4n) is 2.28. The first-order valence-corrected chi connectivity index (χ1v) is 6.67. The number of amides is 1. The monoisotopic (exact) mass is 257 g/mol. The van der Waals surface area contributed by atoms with Crippen LogP contribution in [0, 0.1) is 0 Å². The third kappa shape index (κ3) is 4.29. The van der Waals surface area contributed by atoms with Gasteiger partial charge in [-0.3, -0.25) is 4.79 Å². The molecule has 104 valence electrons. The molecule has 0 saturated carbocycles.